The molecule has 0 radical (unpaired) electrons. The molecule has 0 aliphatic heterocycles. The fraction of sp³-hybridized carbons (Fsp3) is 0.579. The van der Waals surface area contributed by atoms with Gasteiger partial charge in [-0.05, 0) is 31.9 Å². The number of carbonyl (C=O) groups is 2. The number of nitrogens with one attached hydrogen (secondary N) is 2. The number of amides is 2. The van der Waals surface area contributed by atoms with Gasteiger partial charge in [-0.3, -0.25) is 9.59 Å². The second kappa shape index (κ2) is 9.33. The monoisotopic (exact) mass is 316 g/mol. The van der Waals surface area contributed by atoms with Crippen LogP contribution in [0.1, 0.15) is 67.3 Å². The molecule has 2 amide bonds. The van der Waals surface area contributed by atoms with Crippen molar-refractivity contribution in [2.45, 2.75) is 64.3 Å². The number of hydrogen-bond donors (Lipinski definition) is 2. The molecule has 0 aromatic heterocycles. The molecule has 2 rings (SSSR count). The molecule has 4 heteroatoms. The van der Waals surface area contributed by atoms with Crippen molar-refractivity contribution in [2.24, 2.45) is 0 Å². The Hall–Kier alpha value is -1.84. The molecule has 1 saturated carbocycles. The summed E-state index contributed by atoms with van der Waals surface area (Å²) in [6, 6.07) is 7.78. The van der Waals surface area contributed by atoms with Crippen LogP contribution < -0.4 is 10.6 Å². The van der Waals surface area contributed by atoms with Crippen LogP contribution in [0.25, 0.3) is 0 Å². The van der Waals surface area contributed by atoms with Gasteiger partial charge < -0.3 is 10.6 Å². The molecule has 126 valence electrons. The SMILES string of the molecule is Cc1cccc(C(=O)NCCC(=O)NC2CCCCCCC2)c1. The topological polar surface area (TPSA) is 58.2 Å². The van der Waals surface area contributed by atoms with E-state index >= 15 is 0 Å². The zero-order valence-electron chi connectivity index (χ0n) is 14.1. The molecular weight excluding hydrogens is 288 g/mol. The van der Waals surface area contributed by atoms with Crippen molar-refractivity contribution < 1.29 is 9.59 Å². The summed E-state index contributed by atoms with van der Waals surface area (Å²) in [6.07, 6.45) is 8.80. The summed E-state index contributed by atoms with van der Waals surface area (Å²) in [4.78, 5) is 24.0. The smallest absolute Gasteiger partial charge is 0.251 e. The molecule has 1 aromatic carbocycles. The summed E-state index contributed by atoms with van der Waals surface area (Å²) in [7, 11) is 0. The molecule has 0 saturated heterocycles. The molecule has 4 nitrogen and oxygen atoms in total. The van der Waals surface area contributed by atoms with E-state index in [0.29, 0.717) is 24.6 Å². The number of carbonyl (C=O) groups excluding carboxylic acids is 2. The van der Waals surface area contributed by atoms with Crippen LogP contribution >= 0.6 is 0 Å². The van der Waals surface area contributed by atoms with Crippen LogP contribution in [-0.4, -0.2) is 24.4 Å². The van der Waals surface area contributed by atoms with Gasteiger partial charge in [0.2, 0.25) is 5.91 Å². The number of rotatable bonds is 5. The number of hydrogen-bond acceptors (Lipinski definition) is 2. The molecule has 0 unspecified atom stereocenters. The maximum absolute atomic E-state index is 12.0. The van der Waals surface area contributed by atoms with Crippen molar-refractivity contribution in [1.82, 2.24) is 10.6 Å². The van der Waals surface area contributed by atoms with Gasteiger partial charge in [-0.2, -0.15) is 0 Å². The van der Waals surface area contributed by atoms with Crippen molar-refractivity contribution >= 4 is 11.8 Å². The highest BCUT2D eigenvalue weighted by Crippen LogP contribution is 2.17. The van der Waals surface area contributed by atoms with Crippen molar-refractivity contribution in [2.75, 3.05) is 6.54 Å². The third-order valence-corrected chi connectivity index (χ3v) is 4.39. The number of benzene rings is 1. The average Bonchev–Trinajstić information content (AvgIpc) is 2.49. The third kappa shape index (κ3) is 6.43. The molecule has 0 atom stereocenters. The Bertz CT molecular complexity index is 520. The Morgan fingerprint density at radius 3 is 2.48 bits per heavy atom. The second-order valence-corrected chi connectivity index (χ2v) is 6.48. The minimum atomic E-state index is -0.118. The molecule has 1 aromatic rings. The minimum absolute atomic E-state index is 0.0418. The maximum atomic E-state index is 12.0. The lowest BCUT2D eigenvalue weighted by Gasteiger charge is -2.21. The van der Waals surface area contributed by atoms with E-state index in [1.54, 1.807) is 6.07 Å². The Morgan fingerprint density at radius 1 is 1.09 bits per heavy atom. The largest absolute Gasteiger partial charge is 0.353 e. The van der Waals surface area contributed by atoms with Crippen molar-refractivity contribution in [1.29, 1.82) is 0 Å². The van der Waals surface area contributed by atoms with E-state index in [4.69, 9.17) is 0 Å². The zero-order chi connectivity index (χ0) is 16.5. The molecule has 1 fully saturated rings. The summed E-state index contributed by atoms with van der Waals surface area (Å²) in [5.74, 6) is -0.0763. The molecule has 2 N–H and O–H groups in total. The normalized spacial score (nSPS) is 16.2. The number of aryl methyl sites for hydroxylation is 1. The first-order valence-electron chi connectivity index (χ1n) is 8.79. The maximum Gasteiger partial charge on any atom is 0.251 e. The Kier molecular flexibility index (Phi) is 7.11. The summed E-state index contributed by atoms with van der Waals surface area (Å²) < 4.78 is 0. The molecule has 0 heterocycles. The van der Waals surface area contributed by atoms with E-state index < -0.39 is 0 Å². The molecule has 0 spiro atoms. The fourth-order valence-electron chi connectivity index (χ4n) is 3.08. The van der Waals surface area contributed by atoms with Crippen LogP contribution in [0.4, 0.5) is 0 Å². The predicted octanol–water partition coefficient (Wildman–Crippen LogP) is 3.34. The lowest BCUT2D eigenvalue weighted by atomic mass is 9.96. The van der Waals surface area contributed by atoms with Crippen molar-refractivity contribution in [3.05, 3.63) is 35.4 Å². The molecule has 0 bridgehead atoms. The third-order valence-electron chi connectivity index (χ3n) is 4.39. The molecule has 23 heavy (non-hydrogen) atoms. The minimum Gasteiger partial charge on any atom is -0.353 e. The highest BCUT2D eigenvalue weighted by Gasteiger charge is 2.14. The zero-order valence-corrected chi connectivity index (χ0v) is 14.1. The second-order valence-electron chi connectivity index (χ2n) is 6.48. The van der Waals surface area contributed by atoms with Gasteiger partial charge in [0.25, 0.3) is 5.91 Å². The van der Waals surface area contributed by atoms with E-state index in [1.807, 2.05) is 25.1 Å². The Labute approximate surface area is 139 Å². The van der Waals surface area contributed by atoms with E-state index in [9.17, 15) is 9.59 Å². The van der Waals surface area contributed by atoms with Crippen LogP contribution in [-0.2, 0) is 4.79 Å². The molecule has 1 aliphatic rings. The average molecular weight is 316 g/mol. The molecule has 1 aliphatic carbocycles. The Balaban J connectivity index is 1.68. The molecular formula is C19H28N2O2. The highest BCUT2D eigenvalue weighted by atomic mass is 16.2. The highest BCUT2D eigenvalue weighted by molar-refractivity contribution is 5.94. The van der Waals surface area contributed by atoms with Crippen molar-refractivity contribution in [3.8, 4) is 0 Å². The van der Waals surface area contributed by atoms with Crippen LogP contribution in [0.5, 0.6) is 0 Å². The fourth-order valence-corrected chi connectivity index (χ4v) is 3.08. The van der Waals surface area contributed by atoms with Crippen LogP contribution in [0.15, 0.2) is 24.3 Å². The first-order chi connectivity index (χ1) is 11.1. The van der Waals surface area contributed by atoms with Crippen molar-refractivity contribution in [3.63, 3.8) is 0 Å². The van der Waals surface area contributed by atoms with E-state index in [0.717, 1.165) is 18.4 Å². The van der Waals surface area contributed by atoms with Gasteiger partial charge in [0.1, 0.15) is 0 Å². The summed E-state index contributed by atoms with van der Waals surface area (Å²) in [5.41, 5.74) is 1.70. The summed E-state index contributed by atoms with van der Waals surface area (Å²) >= 11 is 0. The summed E-state index contributed by atoms with van der Waals surface area (Å²) in [6.45, 7) is 2.34. The van der Waals surface area contributed by atoms with Gasteiger partial charge in [0.05, 0.1) is 0 Å². The van der Waals surface area contributed by atoms with E-state index in [-0.39, 0.29) is 11.8 Å². The van der Waals surface area contributed by atoms with Gasteiger partial charge in [0.15, 0.2) is 0 Å². The first-order valence-corrected chi connectivity index (χ1v) is 8.79. The lowest BCUT2D eigenvalue weighted by Crippen LogP contribution is -2.37. The van der Waals surface area contributed by atoms with Gasteiger partial charge in [0, 0.05) is 24.6 Å². The quantitative estimate of drug-likeness (QED) is 0.875. The first kappa shape index (κ1) is 17.5. The predicted molar refractivity (Wildman–Crippen MR) is 92.4 cm³/mol. The lowest BCUT2D eigenvalue weighted by molar-refractivity contribution is -0.121. The van der Waals surface area contributed by atoms with Crippen LogP contribution in [0.3, 0.4) is 0 Å². The van der Waals surface area contributed by atoms with E-state index in [2.05, 4.69) is 10.6 Å². The Morgan fingerprint density at radius 2 is 1.78 bits per heavy atom. The van der Waals surface area contributed by atoms with E-state index in [1.165, 1.54) is 32.1 Å². The van der Waals surface area contributed by atoms with Gasteiger partial charge >= 0.3 is 0 Å². The van der Waals surface area contributed by atoms with Gasteiger partial charge in [-0.1, -0.05) is 49.8 Å². The van der Waals surface area contributed by atoms with Crippen LogP contribution in [0.2, 0.25) is 0 Å². The van der Waals surface area contributed by atoms with Gasteiger partial charge in [-0.25, -0.2) is 0 Å². The van der Waals surface area contributed by atoms with Gasteiger partial charge in [-0.15, -0.1) is 0 Å². The standard InChI is InChI=1S/C19H28N2O2/c1-15-8-7-9-16(14-15)19(23)20-13-12-18(22)21-17-10-5-3-2-4-6-11-17/h7-9,14,17H,2-6,10-13H2,1H3,(H,20,23)(H,21,22). The summed E-state index contributed by atoms with van der Waals surface area (Å²) in [5, 5.41) is 5.94. The van der Waals surface area contributed by atoms with Crippen LogP contribution in [0, 0.1) is 6.92 Å².